The third-order valence-electron chi connectivity index (χ3n) is 5.78. The first kappa shape index (κ1) is 11.7. The largest absolute Gasteiger partial charge is 0.299 e. The van der Waals surface area contributed by atoms with Crippen molar-refractivity contribution in [3.63, 3.8) is 0 Å². The molecule has 96 valence electrons. The Hall–Kier alpha value is -0.330. The molecule has 0 bridgehead atoms. The van der Waals surface area contributed by atoms with E-state index in [2.05, 4.69) is 6.92 Å². The second-order valence-electron chi connectivity index (χ2n) is 6.60. The maximum absolute atomic E-state index is 12.7. The molecule has 3 rings (SSSR count). The van der Waals surface area contributed by atoms with Crippen molar-refractivity contribution in [1.82, 2.24) is 0 Å². The van der Waals surface area contributed by atoms with Gasteiger partial charge in [-0.05, 0) is 43.4 Å². The van der Waals surface area contributed by atoms with Crippen molar-refractivity contribution in [1.29, 1.82) is 0 Å². The number of Topliss-reactive ketones (excluding diaryl/α,β-unsaturated/α-hetero) is 1. The SMILES string of the molecule is CCC1CCCCC1C(=O)C1C2CCCCC21. The van der Waals surface area contributed by atoms with Crippen molar-refractivity contribution in [2.45, 2.75) is 64.7 Å². The zero-order chi connectivity index (χ0) is 11.8. The van der Waals surface area contributed by atoms with Crippen LogP contribution in [0.25, 0.3) is 0 Å². The van der Waals surface area contributed by atoms with Gasteiger partial charge >= 0.3 is 0 Å². The summed E-state index contributed by atoms with van der Waals surface area (Å²) in [6.07, 6.45) is 11.9. The lowest BCUT2D eigenvalue weighted by molar-refractivity contribution is -0.127. The summed E-state index contributed by atoms with van der Waals surface area (Å²) in [5.74, 6) is 4.00. The standard InChI is InChI=1S/C16H26O/c1-2-11-7-3-4-8-12(11)16(17)15-13-9-5-6-10-14(13)15/h11-15H,2-10H2,1H3. The Bertz CT molecular complexity index is 284. The van der Waals surface area contributed by atoms with Gasteiger partial charge in [0.1, 0.15) is 5.78 Å². The third-order valence-corrected chi connectivity index (χ3v) is 5.78. The second kappa shape index (κ2) is 4.74. The molecular weight excluding hydrogens is 208 g/mol. The zero-order valence-corrected chi connectivity index (χ0v) is 11.2. The van der Waals surface area contributed by atoms with Crippen LogP contribution in [0.1, 0.15) is 64.7 Å². The zero-order valence-electron chi connectivity index (χ0n) is 11.2. The van der Waals surface area contributed by atoms with Crippen LogP contribution >= 0.6 is 0 Å². The van der Waals surface area contributed by atoms with E-state index in [1.807, 2.05) is 0 Å². The van der Waals surface area contributed by atoms with Crippen LogP contribution in [0, 0.1) is 29.6 Å². The number of ketones is 1. The molecule has 3 fully saturated rings. The van der Waals surface area contributed by atoms with Gasteiger partial charge in [0, 0.05) is 11.8 Å². The van der Waals surface area contributed by atoms with Gasteiger partial charge in [-0.3, -0.25) is 4.79 Å². The molecule has 1 nitrogen and oxygen atoms in total. The van der Waals surface area contributed by atoms with Crippen molar-refractivity contribution in [2.24, 2.45) is 29.6 Å². The molecule has 0 aromatic rings. The van der Waals surface area contributed by atoms with Crippen LogP contribution in [0.4, 0.5) is 0 Å². The number of carbonyl (C=O) groups is 1. The Labute approximate surface area is 105 Å². The predicted octanol–water partition coefficient (Wildman–Crippen LogP) is 4.21. The summed E-state index contributed by atoms with van der Waals surface area (Å²) in [6.45, 7) is 2.27. The molecule has 0 saturated heterocycles. The molecule has 0 aromatic heterocycles. The van der Waals surface area contributed by atoms with Gasteiger partial charge in [0.2, 0.25) is 0 Å². The highest BCUT2D eigenvalue weighted by Crippen LogP contribution is 2.57. The number of rotatable bonds is 3. The number of fused-ring (bicyclic) bond motifs is 1. The van der Waals surface area contributed by atoms with Crippen LogP contribution in [0.3, 0.4) is 0 Å². The summed E-state index contributed by atoms with van der Waals surface area (Å²) in [4.78, 5) is 12.7. The minimum absolute atomic E-state index is 0.448. The van der Waals surface area contributed by atoms with Crippen molar-refractivity contribution in [2.75, 3.05) is 0 Å². The molecule has 3 aliphatic carbocycles. The Morgan fingerprint density at radius 3 is 2.18 bits per heavy atom. The Balaban J connectivity index is 1.65. The second-order valence-corrected chi connectivity index (χ2v) is 6.60. The molecule has 0 radical (unpaired) electrons. The molecule has 4 atom stereocenters. The van der Waals surface area contributed by atoms with E-state index in [0.717, 1.165) is 17.8 Å². The molecule has 17 heavy (non-hydrogen) atoms. The first-order valence-electron chi connectivity index (χ1n) is 7.86. The van der Waals surface area contributed by atoms with Gasteiger partial charge in [-0.15, -0.1) is 0 Å². The summed E-state index contributed by atoms with van der Waals surface area (Å²) < 4.78 is 0. The topological polar surface area (TPSA) is 17.1 Å². The molecule has 1 heteroatoms. The quantitative estimate of drug-likeness (QED) is 0.715. The van der Waals surface area contributed by atoms with Gasteiger partial charge in [0.15, 0.2) is 0 Å². The first-order valence-corrected chi connectivity index (χ1v) is 7.86. The highest BCUT2D eigenvalue weighted by molar-refractivity contribution is 5.87. The van der Waals surface area contributed by atoms with Gasteiger partial charge in [-0.1, -0.05) is 39.0 Å². The normalized spacial score (nSPS) is 45.1. The number of hydrogen-bond acceptors (Lipinski definition) is 1. The van der Waals surface area contributed by atoms with E-state index in [-0.39, 0.29) is 0 Å². The number of hydrogen-bond donors (Lipinski definition) is 0. The average molecular weight is 234 g/mol. The monoisotopic (exact) mass is 234 g/mol. The minimum atomic E-state index is 0.448. The fourth-order valence-corrected chi connectivity index (χ4v) is 4.73. The van der Waals surface area contributed by atoms with Gasteiger partial charge in [-0.2, -0.15) is 0 Å². The van der Waals surface area contributed by atoms with Crippen LogP contribution in [0.2, 0.25) is 0 Å². The van der Waals surface area contributed by atoms with Crippen molar-refractivity contribution >= 4 is 5.78 Å². The summed E-state index contributed by atoms with van der Waals surface area (Å²) in [7, 11) is 0. The maximum atomic E-state index is 12.7. The smallest absolute Gasteiger partial charge is 0.139 e. The molecule has 0 aliphatic heterocycles. The summed E-state index contributed by atoms with van der Waals surface area (Å²) in [6, 6.07) is 0. The Morgan fingerprint density at radius 2 is 1.53 bits per heavy atom. The maximum Gasteiger partial charge on any atom is 0.139 e. The molecule has 3 saturated carbocycles. The minimum Gasteiger partial charge on any atom is -0.299 e. The van der Waals surface area contributed by atoms with Gasteiger partial charge in [-0.25, -0.2) is 0 Å². The van der Waals surface area contributed by atoms with E-state index in [9.17, 15) is 4.79 Å². The summed E-state index contributed by atoms with van der Waals surface area (Å²) in [5, 5.41) is 0. The first-order chi connectivity index (χ1) is 8.33. The number of carbonyl (C=O) groups excluding carboxylic acids is 1. The summed E-state index contributed by atoms with van der Waals surface area (Å²) in [5.41, 5.74) is 0. The van der Waals surface area contributed by atoms with Crippen LogP contribution < -0.4 is 0 Å². The van der Waals surface area contributed by atoms with E-state index in [1.165, 1.54) is 57.8 Å². The highest BCUT2D eigenvalue weighted by Gasteiger charge is 2.56. The summed E-state index contributed by atoms with van der Waals surface area (Å²) >= 11 is 0. The van der Waals surface area contributed by atoms with Gasteiger partial charge in [0.25, 0.3) is 0 Å². The molecule has 4 unspecified atom stereocenters. The molecule has 0 N–H and O–H groups in total. The van der Waals surface area contributed by atoms with Crippen LogP contribution in [0.5, 0.6) is 0 Å². The van der Waals surface area contributed by atoms with Crippen LogP contribution in [-0.4, -0.2) is 5.78 Å². The lowest BCUT2D eigenvalue weighted by Crippen LogP contribution is -2.28. The van der Waals surface area contributed by atoms with E-state index in [1.54, 1.807) is 0 Å². The van der Waals surface area contributed by atoms with Crippen LogP contribution in [-0.2, 0) is 4.79 Å². The van der Waals surface area contributed by atoms with Crippen molar-refractivity contribution in [3.8, 4) is 0 Å². The van der Waals surface area contributed by atoms with E-state index in [4.69, 9.17) is 0 Å². The Morgan fingerprint density at radius 1 is 0.941 bits per heavy atom. The van der Waals surface area contributed by atoms with Crippen molar-refractivity contribution < 1.29 is 4.79 Å². The molecular formula is C16H26O. The van der Waals surface area contributed by atoms with E-state index < -0.39 is 0 Å². The van der Waals surface area contributed by atoms with E-state index >= 15 is 0 Å². The predicted molar refractivity (Wildman–Crippen MR) is 69.7 cm³/mol. The molecule has 0 aromatic carbocycles. The molecule has 0 spiro atoms. The van der Waals surface area contributed by atoms with E-state index in [0.29, 0.717) is 17.6 Å². The van der Waals surface area contributed by atoms with Gasteiger partial charge < -0.3 is 0 Å². The van der Waals surface area contributed by atoms with Crippen molar-refractivity contribution in [3.05, 3.63) is 0 Å². The lowest BCUT2D eigenvalue weighted by atomic mass is 9.74. The Kier molecular flexibility index (Phi) is 3.28. The fourth-order valence-electron chi connectivity index (χ4n) is 4.73. The fraction of sp³-hybridized carbons (Fsp3) is 0.938. The lowest BCUT2D eigenvalue weighted by Gasteiger charge is -2.30. The molecule has 0 heterocycles. The highest BCUT2D eigenvalue weighted by atomic mass is 16.1. The molecule has 3 aliphatic rings. The van der Waals surface area contributed by atoms with Crippen LogP contribution in [0.15, 0.2) is 0 Å². The molecule has 0 amide bonds. The van der Waals surface area contributed by atoms with Gasteiger partial charge in [0.05, 0.1) is 0 Å². The third kappa shape index (κ3) is 2.06. The average Bonchev–Trinajstić information content (AvgIpc) is 3.12.